The fourth-order valence-electron chi connectivity index (χ4n) is 1.76. The third-order valence-electron chi connectivity index (χ3n) is 2.61. The molecule has 0 aliphatic rings. The molecule has 0 atom stereocenters. The van der Waals surface area contributed by atoms with Gasteiger partial charge in [-0.05, 0) is 10.5 Å². The van der Waals surface area contributed by atoms with Gasteiger partial charge in [-0.3, -0.25) is 4.98 Å². The fourth-order valence-corrected chi connectivity index (χ4v) is 1.76. The number of rotatable bonds is 3. The summed E-state index contributed by atoms with van der Waals surface area (Å²) >= 11 is 0. The van der Waals surface area contributed by atoms with Gasteiger partial charge >= 0.3 is 11.7 Å². The van der Waals surface area contributed by atoms with E-state index in [1.54, 1.807) is 6.33 Å². The molecule has 0 radical (unpaired) electrons. The van der Waals surface area contributed by atoms with E-state index in [-0.39, 0.29) is 0 Å². The maximum Gasteiger partial charge on any atom is 0.386 e. The fraction of sp³-hybridized carbons (Fsp3) is 0.0833. The summed E-state index contributed by atoms with van der Waals surface area (Å²) in [7, 11) is 0. The zero-order valence-corrected chi connectivity index (χ0v) is 9.44. The number of H-pyrrole nitrogens is 2. The third-order valence-corrected chi connectivity index (χ3v) is 2.61. The summed E-state index contributed by atoms with van der Waals surface area (Å²) < 4.78 is 13.2. The Labute approximate surface area is 102 Å². The quantitative estimate of drug-likeness (QED) is 0.686. The molecule has 0 fully saturated rings. The minimum Gasteiger partial charge on any atom is -0.363 e. The number of aromatic amines is 2. The highest BCUT2D eigenvalue weighted by molar-refractivity contribution is 5.79. The number of anilines is 1. The second kappa shape index (κ2) is 4.40. The Morgan fingerprint density at radius 2 is 2.06 bits per heavy atom. The van der Waals surface area contributed by atoms with Gasteiger partial charge in [0, 0.05) is 6.54 Å². The van der Waals surface area contributed by atoms with Gasteiger partial charge in [0.15, 0.2) is 12.1 Å². The third kappa shape index (κ3) is 2.00. The first-order valence-electron chi connectivity index (χ1n) is 5.53. The molecule has 0 amide bonds. The van der Waals surface area contributed by atoms with Crippen molar-refractivity contribution in [3.8, 4) is 0 Å². The van der Waals surface area contributed by atoms with Crippen LogP contribution in [0.25, 0.3) is 11.2 Å². The molecule has 0 aliphatic carbocycles. The van der Waals surface area contributed by atoms with E-state index in [0.717, 1.165) is 5.56 Å². The first-order valence-corrected chi connectivity index (χ1v) is 5.53. The van der Waals surface area contributed by atoms with Crippen LogP contribution in [0.2, 0.25) is 0 Å². The largest absolute Gasteiger partial charge is 0.386 e. The predicted octanol–water partition coefficient (Wildman–Crippen LogP) is 1.52. The van der Waals surface area contributed by atoms with Crippen LogP contribution in [0.15, 0.2) is 36.7 Å². The van der Waals surface area contributed by atoms with E-state index in [9.17, 15) is 4.39 Å². The SMILES string of the molecule is Fc1nc(NCc2ccccc2)c2[nH]c[nH+]c2n1. The number of fused-ring (bicyclic) bond motifs is 1. The van der Waals surface area contributed by atoms with Crippen LogP contribution in [-0.2, 0) is 6.54 Å². The number of halogens is 1. The Balaban J connectivity index is 1.88. The van der Waals surface area contributed by atoms with Crippen LogP contribution in [0.5, 0.6) is 0 Å². The van der Waals surface area contributed by atoms with Crippen molar-refractivity contribution >= 4 is 17.0 Å². The lowest BCUT2D eigenvalue weighted by Gasteiger charge is -2.04. The predicted molar refractivity (Wildman–Crippen MR) is 64.2 cm³/mol. The topological polar surface area (TPSA) is 67.7 Å². The molecule has 0 saturated carbocycles. The monoisotopic (exact) mass is 244 g/mol. The Kier molecular flexibility index (Phi) is 2.60. The second-order valence-electron chi connectivity index (χ2n) is 3.84. The van der Waals surface area contributed by atoms with E-state index < -0.39 is 6.08 Å². The van der Waals surface area contributed by atoms with Crippen LogP contribution in [0.1, 0.15) is 5.56 Å². The molecular weight excluding hydrogens is 233 g/mol. The molecule has 18 heavy (non-hydrogen) atoms. The molecule has 5 nitrogen and oxygen atoms in total. The number of imidazole rings is 1. The van der Waals surface area contributed by atoms with Crippen LogP contribution in [-0.4, -0.2) is 15.0 Å². The molecule has 0 spiro atoms. The van der Waals surface area contributed by atoms with E-state index >= 15 is 0 Å². The Morgan fingerprint density at radius 1 is 1.22 bits per heavy atom. The van der Waals surface area contributed by atoms with E-state index in [1.807, 2.05) is 30.3 Å². The van der Waals surface area contributed by atoms with Gasteiger partial charge in [-0.1, -0.05) is 30.3 Å². The average Bonchev–Trinajstić information content (AvgIpc) is 2.85. The maximum atomic E-state index is 13.2. The molecule has 3 rings (SSSR count). The lowest BCUT2D eigenvalue weighted by molar-refractivity contribution is -0.347. The van der Waals surface area contributed by atoms with Crippen molar-refractivity contribution < 1.29 is 9.37 Å². The van der Waals surface area contributed by atoms with Gasteiger partial charge in [-0.25, -0.2) is 4.98 Å². The lowest BCUT2D eigenvalue weighted by atomic mass is 10.2. The number of benzene rings is 1. The van der Waals surface area contributed by atoms with E-state index in [2.05, 4.69) is 25.3 Å². The van der Waals surface area contributed by atoms with Gasteiger partial charge < -0.3 is 5.32 Å². The van der Waals surface area contributed by atoms with Crippen molar-refractivity contribution in [2.45, 2.75) is 6.54 Å². The first kappa shape index (κ1) is 10.6. The van der Waals surface area contributed by atoms with Crippen molar-refractivity contribution in [2.24, 2.45) is 0 Å². The van der Waals surface area contributed by atoms with E-state index in [0.29, 0.717) is 23.5 Å². The van der Waals surface area contributed by atoms with Crippen LogP contribution >= 0.6 is 0 Å². The molecule has 2 aromatic heterocycles. The lowest BCUT2D eigenvalue weighted by Crippen LogP contribution is -2.06. The highest BCUT2D eigenvalue weighted by atomic mass is 19.1. The number of aromatic nitrogens is 4. The summed E-state index contributed by atoms with van der Waals surface area (Å²) in [5, 5.41) is 3.09. The van der Waals surface area contributed by atoms with Crippen molar-refractivity contribution in [1.82, 2.24) is 15.0 Å². The minimum absolute atomic E-state index is 0.443. The Hall–Kier alpha value is -2.50. The highest BCUT2D eigenvalue weighted by Crippen LogP contribution is 2.15. The summed E-state index contributed by atoms with van der Waals surface area (Å²) in [6.07, 6.45) is 0.834. The molecule has 3 aromatic rings. The number of nitrogens with zero attached hydrogens (tertiary/aromatic N) is 2. The maximum absolute atomic E-state index is 13.2. The van der Waals surface area contributed by atoms with Crippen LogP contribution in [0, 0.1) is 6.08 Å². The average molecular weight is 244 g/mol. The molecule has 3 N–H and O–H groups in total. The molecule has 0 bridgehead atoms. The second-order valence-corrected chi connectivity index (χ2v) is 3.84. The molecule has 0 saturated heterocycles. The van der Waals surface area contributed by atoms with Gasteiger partial charge in [0.1, 0.15) is 0 Å². The zero-order chi connectivity index (χ0) is 12.4. The summed E-state index contributed by atoms with van der Waals surface area (Å²) in [6, 6.07) is 9.84. The van der Waals surface area contributed by atoms with E-state index in [4.69, 9.17) is 0 Å². The normalized spacial score (nSPS) is 10.7. The minimum atomic E-state index is -0.756. The van der Waals surface area contributed by atoms with Crippen LogP contribution in [0.3, 0.4) is 0 Å². The number of hydrogen-bond donors (Lipinski definition) is 2. The molecule has 2 heterocycles. The summed E-state index contributed by atoms with van der Waals surface area (Å²) in [4.78, 5) is 13.1. The summed E-state index contributed by atoms with van der Waals surface area (Å²) in [5.74, 6) is 0.447. The number of nitrogens with one attached hydrogen (secondary N) is 3. The van der Waals surface area contributed by atoms with Crippen molar-refractivity contribution in [3.05, 3.63) is 48.3 Å². The molecule has 6 heteroatoms. The molecule has 0 aliphatic heterocycles. The zero-order valence-electron chi connectivity index (χ0n) is 9.44. The molecule has 1 aromatic carbocycles. The molecular formula is C12H11FN5+. The summed E-state index contributed by atoms with van der Waals surface area (Å²) in [6.45, 7) is 0.575. The summed E-state index contributed by atoms with van der Waals surface area (Å²) in [5.41, 5.74) is 2.20. The van der Waals surface area contributed by atoms with Crippen LogP contribution in [0.4, 0.5) is 10.2 Å². The standard InChI is InChI=1S/C12H10FN5/c13-12-17-10(9-11(18-12)16-7-15-9)14-6-8-4-2-1-3-5-8/h1-5,7H,6H2,(H2,14,15,16,17,18)/p+1. The highest BCUT2D eigenvalue weighted by Gasteiger charge is 2.14. The Bertz CT molecular complexity index is 665. The van der Waals surface area contributed by atoms with E-state index in [1.165, 1.54) is 0 Å². The van der Waals surface area contributed by atoms with Gasteiger partial charge in [0.05, 0.1) is 0 Å². The van der Waals surface area contributed by atoms with Gasteiger partial charge in [0.2, 0.25) is 5.52 Å². The Morgan fingerprint density at radius 3 is 2.89 bits per heavy atom. The van der Waals surface area contributed by atoms with Crippen LogP contribution < -0.4 is 10.3 Å². The van der Waals surface area contributed by atoms with Gasteiger partial charge in [0.25, 0.3) is 0 Å². The molecule has 90 valence electrons. The first-order chi connectivity index (χ1) is 8.83. The number of hydrogen-bond acceptors (Lipinski definition) is 3. The van der Waals surface area contributed by atoms with Gasteiger partial charge in [-0.15, -0.1) is 4.39 Å². The van der Waals surface area contributed by atoms with Crippen molar-refractivity contribution in [1.29, 1.82) is 0 Å². The smallest absolute Gasteiger partial charge is 0.363 e. The van der Waals surface area contributed by atoms with Crippen molar-refractivity contribution in [3.63, 3.8) is 0 Å². The van der Waals surface area contributed by atoms with Crippen molar-refractivity contribution in [2.75, 3.05) is 5.32 Å². The van der Waals surface area contributed by atoms with Gasteiger partial charge in [-0.2, -0.15) is 4.98 Å². The molecule has 0 unspecified atom stereocenters.